The fraction of sp³-hybridized carbons (Fsp3) is 0.261. The number of aryl methyl sites for hydroxylation is 1. The number of carbonyl (C=O) groups is 1. The number of hydrogen-bond acceptors (Lipinski definition) is 5. The van der Waals surface area contributed by atoms with Gasteiger partial charge in [0.15, 0.2) is 5.69 Å². The third-order valence-corrected chi connectivity index (χ3v) is 5.32. The maximum absolute atomic E-state index is 14.6. The predicted octanol–water partition coefficient (Wildman–Crippen LogP) is 3.79. The van der Waals surface area contributed by atoms with Crippen LogP contribution >= 0.6 is 0 Å². The monoisotopic (exact) mass is 476 g/mol. The Balaban J connectivity index is 1.64. The van der Waals surface area contributed by atoms with Crippen LogP contribution in [0.3, 0.4) is 0 Å². The number of rotatable bonds is 4. The van der Waals surface area contributed by atoms with E-state index in [9.17, 15) is 27.2 Å². The maximum atomic E-state index is 14.6. The average Bonchev–Trinajstić information content (AvgIpc) is 2.79. The second kappa shape index (κ2) is 9.26. The largest absolute Gasteiger partial charge is 0.418 e. The van der Waals surface area contributed by atoms with Gasteiger partial charge in [0.1, 0.15) is 5.82 Å². The van der Waals surface area contributed by atoms with Crippen LogP contribution in [-0.2, 0) is 10.9 Å². The molecule has 1 aliphatic heterocycles. The molecule has 4 rings (SSSR count). The molecule has 0 unspecified atom stereocenters. The quantitative estimate of drug-likeness (QED) is 0.580. The summed E-state index contributed by atoms with van der Waals surface area (Å²) < 4.78 is 61.2. The summed E-state index contributed by atoms with van der Waals surface area (Å²) in [6, 6.07) is 9.79. The lowest BCUT2D eigenvalue weighted by Gasteiger charge is -2.29. The zero-order chi connectivity index (χ0) is 24.5. The molecule has 1 aromatic heterocycles. The van der Waals surface area contributed by atoms with E-state index in [2.05, 4.69) is 10.4 Å². The van der Waals surface area contributed by atoms with E-state index in [-0.39, 0.29) is 17.1 Å². The number of nitrogens with one attached hydrogen (secondary N) is 1. The predicted molar refractivity (Wildman–Crippen MR) is 117 cm³/mol. The standard InChI is InChI=1S/C23H20F4N4O3/c1-14-12-20(32)21(29-31(14)18-5-3-2-4-16(18)23(25,26)27)22(33)28-15-6-7-19(17(24)13-15)30-8-10-34-11-9-30/h2-7,12-13H,8-11H2,1H3,(H,28,33). The number of morpholine rings is 1. The van der Waals surface area contributed by atoms with E-state index < -0.39 is 34.6 Å². The number of para-hydroxylation sites is 1. The van der Waals surface area contributed by atoms with Crippen molar-refractivity contribution < 1.29 is 27.1 Å². The number of amides is 1. The first-order chi connectivity index (χ1) is 16.1. The zero-order valence-electron chi connectivity index (χ0n) is 18.0. The molecule has 1 amide bonds. The zero-order valence-corrected chi connectivity index (χ0v) is 18.0. The lowest BCUT2D eigenvalue weighted by molar-refractivity contribution is -0.137. The van der Waals surface area contributed by atoms with Crippen LogP contribution in [0.5, 0.6) is 0 Å². The smallest absolute Gasteiger partial charge is 0.378 e. The fourth-order valence-electron chi connectivity index (χ4n) is 3.68. The molecule has 0 radical (unpaired) electrons. The third kappa shape index (κ3) is 4.79. The van der Waals surface area contributed by atoms with E-state index in [0.717, 1.165) is 22.9 Å². The molecule has 2 heterocycles. The normalized spacial score (nSPS) is 14.2. The van der Waals surface area contributed by atoms with Gasteiger partial charge in [0.05, 0.1) is 30.2 Å². The van der Waals surface area contributed by atoms with Gasteiger partial charge in [-0.3, -0.25) is 9.59 Å². The molecular weight excluding hydrogens is 456 g/mol. The average molecular weight is 476 g/mol. The Morgan fingerprint density at radius 1 is 1.06 bits per heavy atom. The number of nitrogens with zero attached hydrogens (tertiary/aromatic N) is 3. The topological polar surface area (TPSA) is 76.5 Å². The minimum atomic E-state index is -4.67. The number of hydrogen-bond donors (Lipinski definition) is 1. The van der Waals surface area contributed by atoms with Crippen molar-refractivity contribution in [2.45, 2.75) is 13.1 Å². The number of halogens is 4. The number of benzene rings is 2. The van der Waals surface area contributed by atoms with Gasteiger partial charge in [-0.25, -0.2) is 9.07 Å². The van der Waals surface area contributed by atoms with E-state index in [4.69, 9.17) is 4.74 Å². The van der Waals surface area contributed by atoms with E-state index in [1.165, 1.54) is 37.3 Å². The minimum Gasteiger partial charge on any atom is -0.378 e. The van der Waals surface area contributed by atoms with Crippen molar-refractivity contribution >= 4 is 17.3 Å². The first kappa shape index (κ1) is 23.4. The molecule has 0 bridgehead atoms. The van der Waals surface area contributed by atoms with E-state index in [1.807, 2.05) is 4.90 Å². The van der Waals surface area contributed by atoms with Gasteiger partial charge in [0.25, 0.3) is 5.91 Å². The third-order valence-electron chi connectivity index (χ3n) is 5.32. The summed E-state index contributed by atoms with van der Waals surface area (Å²) in [7, 11) is 0. The van der Waals surface area contributed by atoms with E-state index >= 15 is 0 Å². The first-order valence-corrected chi connectivity index (χ1v) is 10.4. The van der Waals surface area contributed by atoms with E-state index in [1.54, 1.807) is 0 Å². The van der Waals surface area contributed by atoms with Gasteiger partial charge in [-0.1, -0.05) is 12.1 Å². The number of alkyl halides is 3. The lowest BCUT2D eigenvalue weighted by Crippen LogP contribution is -2.36. The summed E-state index contributed by atoms with van der Waals surface area (Å²) in [5.41, 5.74) is -2.17. The van der Waals surface area contributed by atoms with Crippen molar-refractivity contribution in [2.75, 3.05) is 36.5 Å². The Morgan fingerprint density at radius 2 is 1.76 bits per heavy atom. The second-order valence-electron chi connectivity index (χ2n) is 7.65. The Kier molecular flexibility index (Phi) is 6.38. The summed E-state index contributed by atoms with van der Waals surface area (Å²) in [6.07, 6.45) is -4.67. The molecule has 0 atom stereocenters. The van der Waals surface area contributed by atoms with Gasteiger partial charge in [-0.05, 0) is 37.3 Å². The molecule has 178 valence electrons. The fourth-order valence-corrected chi connectivity index (χ4v) is 3.68. The molecule has 0 saturated carbocycles. The highest BCUT2D eigenvalue weighted by molar-refractivity contribution is 6.02. The van der Waals surface area contributed by atoms with Crippen molar-refractivity contribution in [1.29, 1.82) is 0 Å². The highest BCUT2D eigenvalue weighted by Gasteiger charge is 2.34. The van der Waals surface area contributed by atoms with Gasteiger partial charge in [-0.15, -0.1) is 0 Å². The Hall–Kier alpha value is -3.73. The molecule has 34 heavy (non-hydrogen) atoms. The van der Waals surface area contributed by atoms with Crippen LogP contribution < -0.4 is 15.6 Å². The number of aromatic nitrogens is 2. The number of carbonyl (C=O) groups excluding carboxylic acids is 1. The molecule has 7 nitrogen and oxygen atoms in total. The summed E-state index contributed by atoms with van der Waals surface area (Å²) in [4.78, 5) is 27.0. The maximum Gasteiger partial charge on any atom is 0.418 e. The van der Waals surface area contributed by atoms with Gasteiger partial charge < -0.3 is 15.0 Å². The van der Waals surface area contributed by atoms with Crippen molar-refractivity contribution in [3.8, 4) is 5.69 Å². The Bertz CT molecular complexity index is 1280. The first-order valence-electron chi connectivity index (χ1n) is 10.4. The highest BCUT2D eigenvalue weighted by Crippen LogP contribution is 2.33. The van der Waals surface area contributed by atoms with Gasteiger partial charge in [-0.2, -0.15) is 18.3 Å². The van der Waals surface area contributed by atoms with Crippen molar-refractivity contribution in [2.24, 2.45) is 0 Å². The highest BCUT2D eigenvalue weighted by atomic mass is 19.4. The van der Waals surface area contributed by atoms with Crippen LogP contribution in [0.1, 0.15) is 21.7 Å². The van der Waals surface area contributed by atoms with Gasteiger partial charge in [0, 0.05) is 30.5 Å². The molecule has 0 spiro atoms. The summed E-state index contributed by atoms with van der Waals surface area (Å²) >= 11 is 0. The van der Waals surface area contributed by atoms with Crippen LogP contribution in [0, 0.1) is 12.7 Å². The molecule has 11 heteroatoms. The molecule has 0 aliphatic carbocycles. The van der Waals surface area contributed by atoms with Gasteiger partial charge >= 0.3 is 6.18 Å². The lowest BCUT2D eigenvalue weighted by atomic mass is 10.1. The second-order valence-corrected chi connectivity index (χ2v) is 7.65. The minimum absolute atomic E-state index is 0.0727. The Morgan fingerprint density at radius 3 is 2.44 bits per heavy atom. The molecule has 2 aromatic carbocycles. The van der Waals surface area contributed by atoms with E-state index in [0.29, 0.717) is 32.0 Å². The SMILES string of the molecule is Cc1cc(=O)c(C(=O)Nc2ccc(N3CCOCC3)c(F)c2)nn1-c1ccccc1C(F)(F)F. The van der Waals surface area contributed by atoms with Crippen molar-refractivity contribution in [3.05, 3.63) is 81.5 Å². The molecule has 1 fully saturated rings. The van der Waals surface area contributed by atoms with Crippen LogP contribution in [0.4, 0.5) is 28.9 Å². The Labute approximate surface area is 191 Å². The van der Waals surface area contributed by atoms with Crippen LogP contribution in [0.15, 0.2) is 53.3 Å². The number of ether oxygens (including phenoxy) is 1. The molecule has 1 N–H and O–H groups in total. The van der Waals surface area contributed by atoms with Crippen LogP contribution in [0.2, 0.25) is 0 Å². The molecule has 1 aliphatic rings. The van der Waals surface area contributed by atoms with Crippen molar-refractivity contribution in [1.82, 2.24) is 9.78 Å². The molecule has 1 saturated heterocycles. The summed E-state index contributed by atoms with van der Waals surface area (Å²) in [5, 5.41) is 6.29. The van der Waals surface area contributed by atoms with Crippen LogP contribution in [0.25, 0.3) is 5.69 Å². The van der Waals surface area contributed by atoms with Crippen molar-refractivity contribution in [3.63, 3.8) is 0 Å². The van der Waals surface area contributed by atoms with Crippen LogP contribution in [-0.4, -0.2) is 42.0 Å². The molecular formula is C23H20F4N4O3. The number of anilines is 2. The van der Waals surface area contributed by atoms with Gasteiger partial charge in [0.2, 0.25) is 5.43 Å². The summed E-state index contributed by atoms with van der Waals surface area (Å²) in [5.74, 6) is -1.55. The summed E-state index contributed by atoms with van der Waals surface area (Å²) in [6.45, 7) is 3.40. The molecule has 3 aromatic rings.